The second kappa shape index (κ2) is 5.37. The van der Waals surface area contributed by atoms with Crippen LogP contribution in [0.4, 0.5) is 5.69 Å². The molecular weight excluding hydrogens is 222 g/mol. The van der Waals surface area contributed by atoms with Crippen LogP contribution in [0, 0.1) is 12.3 Å². The van der Waals surface area contributed by atoms with Gasteiger partial charge in [0.1, 0.15) is 12.4 Å². The second-order valence-electron chi connectivity index (χ2n) is 4.18. The van der Waals surface area contributed by atoms with Gasteiger partial charge in [0.25, 0.3) is 0 Å². The zero-order valence-electron chi connectivity index (χ0n) is 10.6. The highest BCUT2D eigenvalue weighted by Crippen LogP contribution is 2.32. The first-order valence-corrected chi connectivity index (χ1v) is 5.82. The van der Waals surface area contributed by atoms with Gasteiger partial charge >= 0.3 is 0 Å². The van der Waals surface area contributed by atoms with Gasteiger partial charge in [0.05, 0.1) is 5.69 Å². The number of ether oxygens (including phenoxy) is 1. The molecule has 0 radical (unpaired) electrons. The number of hydrogen-bond donors (Lipinski definition) is 0. The minimum atomic E-state index is 0.277. The molecule has 0 unspecified atom stereocenters. The smallest absolute Gasteiger partial charge is 0.148 e. The van der Waals surface area contributed by atoms with E-state index in [1.807, 2.05) is 50.2 Å². The van der Waals surface area contributed by atoms with E-state index < -0.39 is 0 Å². The van der Waals surface area contributed by atoms with E-state index in [0.717, 1.165) is 27.9 Å². The van der Waals surface area contributed by atoms with E-state index in [9.17, 15) is 0 Å². The predicted octanol–water partition coefficient (Wildman–Crippen LogP) is 3.96. The van der Waals surface area contributed by atoms with E-state index in [4.69, 9.17) is 11.2 Å². The van der Waals surface area contributed by atoms with Crippen molar-refractivity contribution in [1.29, 1.82) is 0 Å². The Morgan fingerprint density at radius 3 is 2.61 bits per heavy atom. The Morgan fingerprint density at radius 2 is 1.89 bits per heavy atom. The van der Waals surface area contributed by atoms with Gasteiger partial charge < -0.3 is 4.74 Å². The quantitative estimate of drug-likeness (QED) is 0.584. The molecule has 0 N–H and O–H groups in total. The van der Waals surface area contributed by atoms with Crippen LogP contribution >= 0.6 is 0 Å². The first-order valence-electron chi connectivity index (χ1n) is 5.82. The fourth-order valence-corrected chi connectivity index (χ4v) is 1.85. The van der Waals surface area contributed by atoms with Crippen molar-refractivity contribution in [2.75, 3.05) is 6.61 Å². The van der Waals surface area contributed by atoms with Crippen molar-refractivity contribution in [1.82, 2.24) is 0 Å². The molecule has 0 atom stereocenters. The van der Waals surface area contributed by atoms with Crippen LogP contribution in [0.25, 0.3) is 10.8 Å². The highest BCUT2D eigenvalue weighted by atomic mass is 16.5. The van der Waals surface area contributed by atoms with Crippen molar-refractivity contribution in [3.05, 3.63) is 36.4 Å². The maximum atomic E-state index is 5.54. The molecule has 0 aromatic heterocycles. The molecule has 0 fully saturated rings. The van der Waals surface area contributed by atoms with Gasteiger partial charge in [-0.05, 0) is 26.0 Å². The average molecular weight is 237 g/mol. The van der Waals surface area contributed by atoms with Gasteiger partial charge in [0.15, 0.2) is 0 Å². The maximum Gasteiger partial charge on any atom is 0.148 e. The molecule has 90 valence electrons. The molecule has 2 aromatic carbocycles. The Bertz CT molecular complexity index is 631. The molecule has 18 heavy (non-hydrogen) atoms. The minimum Gasteiger partial charge on any atom is -0.480 e. The second-order valence-corrected chi connectivity index (χ2v) is 4.18. The largest absolute Gasteiger partial charge is 0.480 e. The Hall–Kier alpha value is -2.27. The summed E-state index contributed by atoms with van der Waals surface area (Å²) in [6.07, 6.45) is 5.22. The Kier molecular flexibility index (Phi) is 3.64. The lowest BCUT2D eigenvalue weighted by atomic mass is 10.1. The lowest BCUT2D eigenvalue weighted by Crippen LogP contribution is -1.94. The van der Waals surface area contributed by atoms with Crippen LogP contribution in [0.5, 0.6) is 5.75 Å². The molecule has 0 heterocycles. The summed E-state index contributed by atoms with van der Waals surface area (Å²) in [7, 11) is 0. The number of nitrogens with zero attached hydrogens (tertiary/aromatic N) is 1. The number of aliphatic imine (C=N–C) groups is 1. The summed E-state index contributed by atoms with van der Waals surface area (Å²) in [5.74, 6) is 3.28. The standard InChI is InChI=1S/C16H15NO/c1-4-11-18-16-10-6-7-13-14(16)8-5-9-15(13)17-12(2)3/h1,5-10H,11H2,2-3H3. The molecule has 0 saturated heterocycles. The van der Waals surface area contributed by atoms with Crippen LogP contribution in [0.2, 0.25) is 0 Å². The first kappa shape index (κ1) is 12.2. The molecule has 2 heteroatoms. The van der Waals surface area contributed by atoms with Crippen LogP contribution in [0.1, 0.15) is 13.8 Å². The number of benzene rings is 2. The van der Waals surface area contributed by atoms with E-state index in [0.29, 0.717) is 0 Å². The fraction of sp³-hybridized carbons (Fsp3) is 0.188. The fourth-order valence-electron chi connectivity index (χ4n) is 1.85. The van der Waals surface area contributed by atoms with Crippen LogP contribution in [-0.2, 0) is 0 Å². The highest BCUT2D eigenvalue weighted by Gasteiger charge is 2.04. The van der Waals surface area contributed by atoms with E-state index in [-0.39, 0.29) is 6.61 Å². The summed E-state index contributed by atoms with van der Waals surface area (Å²) in [4.78, 5) is 4.53. The van der Waals surface area contributed by atoms with E-state index in [1.165, 1.54) is 0 Å². The molecule has 0 saturated carbocycles. The SMILES string of the molecule is C#CCOc1cccc2c(N=C(C)C)cccc12. The van der Waals surface area contributed by atoms with Gasteiger partial charge in [-0.1, -0.05) is 30.2 Å². The molecule has 2 aromatic rings. The van der Waals surface area contributed by atoms with Crippen LogP contribution < -0.4 is 4.74 Å². The van der Waals surface area contributed by atoms with Gasteiger partial charge in [-0.2, -0.15) is 0 Å². The van der Waals surface area contributed by atoms with Crippen molar-refractivity contribution in [2.45, 2.75) is 13.8 Å². The van der Waals surface area contributed by atoms with Crippen LogP contribution in [0.15, 0.2) is 41.4 Å². The van der Waals surface area contributed by atoms with Crippen molar-refractivity contribution in [2.24, 2.45) is 4.99 Å². The first-order chi connectivity index (χ1) is 8.72. The van der Waals surface area contributed by atoms with Gasteiger partial charge in [-0.3, -0.25) is 4.99 Å². The van der Waals surface area contributed by atoms with Crippen molar-refractivity contribution in [3.8, 4) is 18.1 Å². The summed E-state index contributed by atoms with van der Waals surface area (Å²) in [6.45, 7) is 4.24. The van der Waals surface area contributed by atoms with Crippen molar-refractivity contribution in [3.63, 3.8) is 0 Å². The molecule has 0 amide bonds. The van der Waals surface area contributed by atoms with Crippen LogP contribution in [0.3, 0.4) is 0 Å². The number of fused-ring (bicyclic) bond motifs is 1. The molecule has 0 bridgehead atoms. The molecule has 0 aliphatic heterocycles. The van der Waals surface area contributed by atoms with Crippen LogP contribution in [-0.4, -0.2) is 12.3 Å². The summed E-state index contributed by atoms with van der Waals surface area (Å²) in [6, 6.07) is 11.9. The molecule has 2 nitrogen and oxygen atoms in total. The zero-order chi connectivity index (χ0) is 13.0. The molecule has 2 rings (SSSR count). The average Bonchev–Trinajstić information content (AvgIpc) is 2.36. The summed E-state index contributed by atoms with van der Waals surface area (Å²) in [5.41, 5.74) is 1.98. The van der Waals surface area contributed by atoms with Gasteiger partial charge in [0, 0.05) is 16.5 Å². The maximum absolute atomic E-state index is 5.54. The third kappa shape index (κ3) is 2.52. The predicted molar refractivity (Wildman–Crippen MR) is 76.7 cm³/mol. The third-order valence-electron chi connectivity index (χ3n) is 2.51. The molecule has 0 aliphatic carbocycles. The summed E-state index contributed by atoms with van der Waals surface area (Å²) in [5, 5.41) is 2.11. The van der Waals surface area contributed by atoms with E-state index in [2.05, 4.69) is 10.9 Å². The molecule has 0 aliphatic rings. The van der Waals surface area contributed by atoms with E-state index >= 15 is 0 Å². The summed E-state index contributed by atoms with van der Waals surface area (Å²) < 4.78 is 5.54. The monoisotopic (exact) mass is 237 g/mol. The van der Waals surface area contributed by atoms with Gasteiger partial charge in [0.2, 0.25) is 0 Å². The van der Waals surface area contributed by atoms with Crippen molar-refractivity contribution < 1.29 is 4.74 Å². The highest BCUT2D eigenvalue weighted by molar-refractivity contribution is 5.98. The zero-order valence-corrected chi connectivity index (χ0v) is 10.6. The normalized spacial score (nSPS) is 9.83. The number of rotatable bonds is 3. The molecule has 0 spiro atoms. The lowest BCUT2D eigenvalue weighted by Gasteiger charge is -2.08. The number of hydrogen-bond acceptors (Lipinski definition) is 2. The Labute approximate surface area is 107 Å². The Balaban J connectivity index is 2.58. The minimum absolute atomic E-state index is 0.277. The number of terminal acetylenes is 1. The van der Waals surface area contributed by atoms with Crippen molar-refractivity contribution >= 4 is 22.2 Å². The van der Waals surface area contributed by atoms with Gasteiger partial charge in [-0.15, -0.1) is 6.42 Å². The van der Waals surface area contributed by atoms with Gasteiger partial charge in [-0.25, -0.2) is 0 Å². The Morgan fingerprint density at radius 1 is 1.17 bits per heavy atom. The third-order valence-corrected chi connectivity index (χ3v) is 2.51. The topological polar surface area (TPSA) is 21.6 Å². The summed E-state index contributed by atoms with van der Waals surface area (Å²) >= 11 is 0. The lowest BCUT2D eigenvalue weighted by molar-refractivity contribution is 0.375. The van der Waals surface area contributed by atoms with E-state index in [1.54, 1.807) is 0 Å². The molecular formula is C16H15NO.